The molecule has 2 aliphatic carbocycles. The van der Waals surface area contributed by atoms with E-state index < -0.39 is 0 Å². The lowest BCUT2D eigenvalue weighted by Gasteiger charge is -2.34. The maximum atomic E-state index is 11.7. The number of ketones is 1. The summed E-state index contributed by atoms with van der Waals surface area (Å²) in [6.07, 6.45) is 11.1. The zero-order chi connectivity index (χ0) is 10.3. The minimum Gasteiger partial charge on any atom is -0.497 e. The van der Waals surface area contributed by atoms with Crippen molar-refractivity contribution in [2.24, 2.45) is 11.8 Å². The molecule has 0 radical (unpaired) electrons. The van der Waals surface area contributed by atoms with Crippen molar-refractivity contribution in [2.45, 2.75) is 19.3 Å². The van der Waals surface area contributed by atoms with Crippen LogP contribution in [0.4, 0.5) is 0 Å². The van der Waals surface area contributed by atoms with Gasteiger partial charge in [-0.3, -0.25) is 4.79 Å². The van der Waals surface area contributed by atoms with Crippen LogP contribution in [0.2, 0.25) is 0 Å². The molecule has 0 bridgehead atoms. The molecule has 1 aliphatic heterocycles. The summed E-state index contributed by atoms with van der Waals surface area (Å²) in [7, 11) is 0. The van der Waals surface area contributed by atoms with Crippen LogP contribution in [0.25, 0.3) is 0 Å². The number of hydrogen-bond donors (Lipinski definition) is 0. The van der Waals surface area contributed by atoms with E-state index in [2.05, 4.69) is 24.3 Å². The molecule has 0 N–H and O–H groups in total. The first-order chi connectivity index (χ1) is 7.34. The zero-order valence-electron chi connectivity index (χ0n) is 8.61. The van der Waals surface area contributed by atoms with Gasteiger partial charge in [-0.15, -0.1) is 0 Å². The van der Waals surface area contributed by atoms with Crippen molar-refractivity contribution in [3.8, 4) is 0 Å². The maximum absolute atomic E-state index is 11.7. The van der Waals surface area contributed by atoms with Gasteiger partial charge in [0, 0.05) is 6.42 Å². The molecular weight excluding hydrogens is 188 g/mol. The Bertz CT molecular complexity index is 387. The van der Waals surface area contributed by atoms with Crippen molar-refractivity contribution >= 4 is 5.78 Å². The average Bonchev–Trinajstić information content (AvgIpc) is 2.27. The average molecular weight is 202 g/mol. The second-order valence-electron chi connectivity index (χ2n) is 4.43. The Morgan fingerprint density at radius 2 is 2.33 bits per heavy atom. The van der Waals surface area contributed by atoms with Crippen molar-refractivity contribution in [1.82, 2.24) is 0 Å². The van der Waals surface area contributed by atoms with E-state index in [0.717, 1.165) is 18.6 Å². The molecule has 1 fully saturated rings. The summed E-state index contributed by atoms with van der Waals surface area (Å²) in [6.45, 7) is 0.564. The van der Waals surface area contributed by atoms with Gasteiger partial charge in [0.25, 0.3) is 0 Å². The van der Waals surface area contributed by atoms with Crippen molar-refractivity contribution in [1.29, 1.82) is 0 Å². The summed E-state index contributed by atoms with van der Waals surface area (Å²) in [5.74, 6) is 1.85. The monoisotopic (exact) mass is 202 g/mol. The minimum atomic E-state index is 0.0485. The zero-order valence-corrected chi connectivity index (χ0v) is 8.61. The first-order valence-corrected chi connectivity index (χ1v) is 5.58. The fraction of sp³-hybridized carbons (Fsp3) is 0.462. The quantitative estimate of drug-likeness (QED) is 0.603. The largest absolute Gasteiger partial charge is 0.497 e. The van der Waals surface area contributed by atoms with Crippen molar-refractivity contribution in [3.63, 3.8) is 0 Å². The second kappa shape index (κ2) is 3.37. The molecular formula is C13H14O2. The van der Waals surface area contributed by atoms with E-state index in [1.807, 2.05) is 0 Å². The van der Waals surface area contributed by atoms with Gasteiger partial charge in [0.2, 0.25) is 0 Å². The van der Waals surface area contributed by atoms with E-state index >= 15 is 0 Å². The molecule has 0 aromatic carbocycles. The van der Waals surface area contributed by atoms with Gasteiger partial charge in [-0.1, -0.05) is 18.2 Å². The van der Waals surface area contributed by atoms with Gasteiger partial charge in [0.1, 0.15) is 11.5 Å². The van der Waals surface area contributed by atoms with Crippen LogP contribution < -0.4 is 0 Å². The Labute approximate surface area is 89.3 Å². The molecule has 0 saturated carbocycles. The number of Topliss-reactive ketones (excluding diaryl/α,β-unsaturated/α-hetero) is 1. The third-order valence-electron chi connectivity index (χ3n) is 3.50. The fourth-order valence-electron chi connectivity index (χ4n) is 2.63. The standard InChI is InChI=1S/C13H14O2/c14-12-5-6-15-13-8-10-4-2-1-3-9(10)7-11(12)13/h1-2,4,8-9,11H,3,5-7H2. The molecule has 0 aromatic rings. The highest BCUT2D eigenvalue weighted by atomic mass is 16.5. The van der Waals surface area contributed by atoms with E-state index in [-0.39, 0.29) is 5.92 Å². The predicted octanol–water partition coefficient (Wildman–Crippen LogP) is 2.38. The van der Waals surface area contributed by atoms with Crippen LogP contribution in [0.5, 0.6) is 0 Å². The molecule has 0 spiro atoms. The summed E-state index contributed by atoms with van der Waals surface area (Å²) >= 11 is 0. The van der Waals surface area contributed by atoms with Gasteiger partial charge < -0.3 is 4.74 Å². The van der Waals surface area contributed by atoms with Crippen molar-refractivity contribution in [2.75, 3.05) is 6.61 Å². The highest BCUT2D eigenvalue weighted by molar-refractivity contribution is 5.84. The van der Waals surface area contributed by atoms with E-state index in [1.54, 1.807) is 0 Å². The van der Waals surface area contributed by atoms with Gasteiger partial charge in [-0.05, 0) is 30.4 Å². The Hall–Kier alpha value is -1.31. The van der Waals surface area contributed by atoms with E-state index in [9.17, 15) is 4.79 Å². The summed E-state index contributed by atoms with van der Waals surface area (Å²) in [5.41, 5.74) is 1.33. The van der Waals surface area contributed by atoms with Gasteiger partial charge in [-0.2, -0.15) is 0 Å². The lowest BCUT2D eigenvalue weighted by atomic mass is 9.75. The van der Waals surface area contributed by atoms with Crippen LogP contribution >= 0.6 is 0 Å². The van der Waals surface area contributed by atoms with Crippen molar-refractivity contribution < 1.29 is 9.53 Å². The first-order valence-electron chi connectivity index (χ1n) is 5.58. The SMILES string of the molecule is O=C1CCOC2=CC3=CC=CCC3CC12. The molecule has 2 atom stereocenters. The molecule has 3 aliphatic rings. The summed E-state index contributed by atoms with van der Waals surface area (Å²) < 4.78 is 5.58. The van der Waals surface area contributed by atoms with E-state index in [4.69, 9.17) is 4.74 Å². The fourth-order valence-corrected chi connectivity index (χ4v) is 2.63. The molecule has 3 rings (SSSR count). The van der Waals surface area contributed by atoms with Gasteiger partial charge >= 0.3 is 0 Å². The van der Waals surface area contributed by atoms with E-state index in [1.165, 1.54) is 5.57 Å². The molecule has 1 heterocycles. The molecule has 0 amide bonds. The normalized spacial score (nSPS) is 33.5. The summed E-state index contributed by atoms with van der Waals surface area (Å²) in [4.78, 5) is 11.7. The third-order valence-corrected chi connectivity index (χ3v) is 3.50. The molecule has 78 valence electrons. The predicted molar refractivity (Wildman–Crippen MR) is 57.1 cm³/mol. The van der Waals surface area contributed by atoms with Crippen LogP contribution in [0.15, 0.2) is 35.6 Å². The van der Waals surface area contributed by atoms with Crippen LogP contribution in [-0.2, 0) is 9.53 Å². The topological polar surface area (TPSA) is 26.3 Å². The van der Waals surface area contributed by atoms with Crippen LogP contribution in [-0.4, -0.2) is 12.4 Å². The van der Waals surface area contributed by atoms with Crippen LogP contribution in [0.1, 0.15) is 19.3 Å². The number of ether oxygens (including phenoxy) is 1. The number of rotatable bonds is 0. The molecule has 2 nitrogen and oxygen atoms in total. The Morgan fingerprint density at radius 3 is 3.27 bits per heavy atom. The number of carbonyl (C=O) groups excluding carboxylic acids is 1. The van der Waals surface area contributed by atoms with Gasteiger partial charge in [-0.25, -0.2) is 0 Å². The smallest absolute Gasteiger partial charge is 0.146 e. The first kappa shape index (κ1) is 8.96. The number of allylic oxidation sites excluding steroid dienone is 6. The summed E-state index contributed by atoms with van der Waals surface area (Å²) in [6, 6.07) is 0. The third kappa shape index (κ3) is 1.44. The van der Waals surface area contributed by atoms with Crippen LogP contribution in [0, 0.1) is 11.8 Å². The highest BCUT2D eigenvalue weighted by Gasteiger charge is 2.35. The van der Waals surface area contributed by atoms with Gasteiger partial charge in [0.15, 0.2) is 0 Å². The number of fused-ring (bicyclic) bond motifs is 2. The molecule has 1 saturated heterocycles. The molecule has 0 aromatic heterocycles. The Morgan fingerprint density at radius 1 is 1.40 bits per heavy atom. The van der Waals surface area contributed by atoms with E-state index in [0.29, 0.717) is 24.7 Å². The minimum absolute atomic E-state index is 0.0485. The van der Waals surface area contributed by atoms with Gasteiger partial charge in [0.05, 0.1) is 12.5 Å². The lowest BCUT2D eigenvalue weighted by molar-refractivity contribution is -0.127. The van der Waals surface area contributed by atoms with Crippen molar-refractivity contribution in [3.05, 3.63) is 35.6 Å². The summed E-state index contributed by atoms with van der Waals surface area (Å²) in [5, 5.41) is 0. The Balaban J connectivity index is 1.96. The number of carbonyl (C=O) groups is 1. The maximum Gasteiger partial charge on any atom is 0.146 e. The Kier molecular flexibility index (Phi) is 2.01. The molecule has 15 heavy (non-hydrogen) atoms. The molecule has 2 unspecified atom stereocenters. The highest BCUT2D eigenvalue weighted by Crippen LogP contribution is 2.39. The number of hydrogen-bond acceptors (Lipinski definition) is 2. The lowest BCUT2D eigenvalue weighted by Crippen LogP contribution is -2.31. The second-order valence-corrected chi connectivity index (χ2v) is 4.43. The molecule has 2 heteroatoms. The van der Waals surface area contributed by atoms with Crippen LogP contribution in [0.3, 0.4) is 0 Å².